The number of hydrogen-bond acceptors (Lipinski definition) is 5. The second kappa shape index (κ2) is 5.01. The highest BCUT2D eigenvalue weighted by atomic mass is 16.5. The fourth-order valence-electron chi connectivity index (χ4n) is 2.23. The third-order valence-corrected chi connectivity index (χ3v) is 3.32. The summed E-state index contributed by atoms with van der Waals surface area (Å²) in [7, 11) is 0. The van der Waals surface area contributed by atoms with E-state index in [2.05, 4.69) is 15.4 Å². The molecule has 2 aromatic heterocycles. The average molecular weight is 286 g/mol. The van der Waals surface area contributed by atoms with Gasteiger partial charge in [-0.1, -0.05) is 11.2 Å². The van der Waals surface area contributed by atoms with Gasteiger partial charge in [0.1, 0.15) is 16.8 Å². The Hall–Kier alpha value is -2.70. The van der Waals surface area contributed by atoms with Crippen LogP contribution in [0.2, 0.25) is 0 Å². The Morgan fingerprint density at radius 2 is 2.05 bits per heavy atom. The van der Waals surface area contributed by atoms with E-state index in [1.807, 2.05) is 13.8 Å². The second-order valence-corrected chi connectivity index (χ2v) is 4.93. The van der Waals surface area contributed by atoms with Crippen molar-refractivity contribution in [2.45, 2.75) is 26.8 Å². The molecule has 0 spiro atoms. The number of fused-ring (bicyclic) bond motifs is 1. The van der Waals surface area contributed by atoms with Crippen LogP contribution in [0, 0.1) is 13.8 Å². The summed E-state index contributed by atoms with van der Waals surface area (Å²) >= 11 is 0. The van der Waals surface area contributed by atoms with E-state index in [9.17, 15) is 4.79 Å². The summed E-state index contributed by atoms with van der Waals surface area (Å²) in [5.41, 5.74) is 3.90. The second-order valence-electron chi connectivity index (χ2n) is 4.93. The smallest absolute Gasteiger partial charge is 0.307 e. The van der Waals surface area contributed by atoms with Gasteiger partial charge in [-0.2, -0.15) is 15.0 Å². The number of aliphatic carboxylic acids is 1. The van der Waals surface area contributed by atoms with E-state index in [1.54, 1.807) is 23.0 Å². The summed E-state index contributed by atoms with van der Waals surface area (Å²) < 4.78 is 5.12. The van der Waals surface area contributed by atoms with Crippen molar-refractivity contribution in [3.63, 3.8) is 0 Å². The normalized spacial score (nSPS) is 11.1. The maximum atomic E-state index is 10.7. The minimum atomic E-state index is -0.863. The number of carbonyl (C=O) groups is 1. The van der Waals surface area contributed by atoms with E-state index in [4.69, 9.17) is 9.63 Å². The molecule has 0 radical (unpaired) electrons. The fourth-order valence-corrected chi connectivity index (χ4v) is 2.23. The molecule has 1 aromatic carbocycles. The van der Waals surface area contributed by atoms with Crippen molar-refractivity contribution in [3.05, 3.63) is 40.8 Å². The van der Waals surface area contributed by atoms with Gasteiger partial charge in [0, 0.05) is 5.56 Å². The zero-order chi connectivity index (χ0) is 15.0. The monoisotopic (exact) mass is 286 g/mol. The topological polar surface area (TPSA) is 94.0 Å². The van der Waals surface area contributed by atoms with Gasteiger partial charge in [0.2, 0.25) is 0 Å². The van der Waals surface area contributed by atoms with E-state index in [0.717, 1.165) is 22.5 Å². The number of aryl methyl sites for hydroxylation is 2. The molecule has 7 nitrogen and oxygen atoms in total. The summed E-state index contributed by atoms with van der Waals surface area (Å²) in [6, 6.07) is 5.29. The lowest BCUT2D eigenvalue weighted by atomic mass is 10.1. The summed E-state index contributed by atoms with van der Waals surface area (Å²) in [6.45, 7) is 4.20. The van der Waals surface area contributed by atoms with Gasteiger partial charge in [-0.05, 0) is 31.5 Å². The van der Waals surface area contributed by atoms with Crippen LogP contribution in [0.15, 0.2) is 22.7 Å². The highest BCUT2D eigenvalue weighted by Gasteiger charge is 2.12. The van der Waals surface area contributed by atoms with Crippen LogP contribution in [0.25, 0.3) is 11.0 Å². The van der Waals surface area contributed by atoms with Crippen LogP contribution in [0.3, 0.4) is 0 Å². The van der Waals surface area contributed by atoms with Gasteiger partial charge in [0.05, 0.1) is 18.7 Å². The molecule has 0 bridgehead atoms. The third-order valence-electron chi connectivity index (χ3n) is 3.32. The Labute approximate surface area is 120 Å². The first-order chi connectivity index (χ1) is 10.0. The van der Waals surface area contributed by atoms with Crippen LogP contribution >= 0.6 is 0 Å². The molecule has 108 valence electrons. The maximum Gasteiger partial charge on any atom is 0.307 e. The molecule has 0 amide bonds. The number of aromatic nitrogens is 4. The van der Waals surface area contributed by atoms with Gasteiger partial charge in [-0.25, -0.2) is 0 Å². The maximum absolute atomic E-state index is 10.7. The minimum Gasteiger partial charge on any atom is -0.481 e. The molecule has 0 atom stereocenters. The van der Waals surface area contributed by atoms with Crippen LogP contribution in [0.5, 0.6) is 0 Å². The Balaban J connectivity index is 1.92. The van der Waals surface area contributed by atoms with Crippen molar-refractivity contribution in [2.24, 2.45) is 0 Å². The summed E-state index contributed by atoms with van der Waals surface area (Å²) in [6.07, 6.45) is -0.0212. The number of carboxylic acid groups (broad SMARTS) is 1. The van der Waals surface area contributed by atoms with E-state index >= 15 is 0 Å². The molecule has 0 saturated carbocycles. The Morgan fingerprint density at radius 1 is 1.29 bits per heavy atom. The summed E-state index contributed by atoms with van der Waals surface area (Å²) in [5, 5.41) is 21.5. The molecule has 3 rings (SSSR count). The first kappa shape index (κ1) is 13.3. The van der Waals surface area contributed by atoms with Gasteiger partial charge in [0.15, 0.2) is 0 Å². The molecule has 0 fully saturated rings. The van der Waals surface area contributed by atoms with Crippen molar-refractivity contribution in [2.75, 3.05) is 0 Å². The molecule has 0 unspecified atom stereocenters. The number of carboxylic acids is 1. The highest BCUT2D eigenvalue weighted by Crippen LogP contribution is 2.16. The molecular weight excluding hydrogens is 272 g/mol. The van der Waals surface area contributed by atoms with Crippen LogP contribution in [-0.2, 0) is 17.8 Å². The zero-order valence-electron chi connectivity index (χ0n) is 11.7. The predicted octanol–water partition coefficient (Wildman–Crippen LogP) is 1.71. The standard InChI is InChI=1S/C14H14N4O3/c1-8-11(9(2)21-17-8)7-18-15-12-4-3-10(6-14(19)20)5-13(12)16-18/h3-5H,6-7H2,1-2H3,(H,19,20). The van der Waals surface area contributed by atoms with Crippen molar-refractivity contribution in [1.29, 1.82) is 0 Å². The Morgan fingerprint density at radius 3 is 2.71 bits per heavy atom. The summed E-state index contributed by atoms with van der Waals surface area (Å²) in [4.78, 5) is 12.3. The highest BCUT2D eigenvalue weighted by molar-refractivity contribution is 5.77. The lowest BCUT2D eigenvalue weighted by molar-refractivity contribution is -0.136. The third kappa shape index (κ3) is 2.62. The molecule has 0 saturated heterocycles. The molecular formula is C14H14N4O3. The number of nitrogens with zero attached hydrogens (tertiary/aromatic N) is 4. The van der Waals surface area contributed by atoms with Gasteiger partial charge >= 0.3 is 5.97 Å². The SMILES string of the molecule is Cc1noc(C)c1Cn1nc2ccc(CC(=O)O)cc2n1. The molecule has 0 aliphatic rings. The minimum absolute atomic E-state index is 0.0212. The lowest BCUT2D eigenvalue weighted by Crippen LogP contribution is -2.05. The zero-order valence-corrected chi connectivity index (χ0v) is 11.7. The van der Waals surface area contributed by atoms with Gasteiger partial charge in [-0.15, -0.1) is 0 Å². The number of hydrogen-bond donors (Lipinski definition) is 1. The van der Waals surface area contributed by atoms with Crippen LogP contribution in [0.4, 0.5) is 0 Å². The van der Waals surface area contributed by atoms with Crippen LogP contribution < -0.4 is 0 Å². The quantitative estimate of drug-likeness (QED) is 0.784. The molecule has 0 aliphatic carbocycles. The van der Waals surface area contributed by atoms with E-state index in [0.29, 0.717) is 17.6 Å². The first-order valence-electron chi connectivity index (χ1n) is 6.50. The predicted molar refractivity (Wildman–Crippen MR) is 73.9 cm³/mol. The van der Waals surface area contributed by atoms with Crippen molar-refractivity contribution in [3.8, 4) is 0 Å². The Kier molecular flexibility index (Phi) is 3.17. The van der Waals surface area contributed by atoms with Gasteiger partial charge in [-0.3, -0.25) is 4.79 Å². The van der Waals surface area contributed by atoms with Crippen molar-refractivity contribution < 1.29 is 14.4 Å². The molecule has 3 aromatic rings. The van der Waals surface area contributed by atoms with Crippen LogP contribution in [-0.4, -0.2) is 31.2 Å². The van der Waals surface area contributed by atoms with E-state index in [1.165, 1.54) is 0 Å². The Bertz CT molecular complexity index is 799. The van der Waals surface area contributed by atoms with E-state index < -0.39 is 5.97 Å². The van der Waals surface area contributed by atoms with E-state index in [-0.39, 0.29) is 6.42 Å². The molecule has 21 heavy (non-hydrogen) atoms. The lowest BCUT2D eigenvalue weighted by Gasteiger charge is -1.97. The molecule has 7 heteroatoms. The fraction of sp³-hybridized carbons (Fsp3) is 0.286. The number of benzene rings is 1. The number of rotatable bonds is 4. The molecule has 2 heterocycles. The van der Waals surface area contributed by atoms with Crippen molar-refractivity contribution in [1.82, 2.24) is 20.2 Å². The average Bonchev–Trinajstić information content (AvgIpc) is 2.95. The first-order valence-corrected chi connectivity index (χ1v) is 6.50. The van der Waals surface area contributed by atoms with Crippen molar-refractivity contribution >= 4 is 17.0 Å². The van der Waals surface area contributed by atoms with Gasteiger partial charge in [0.25, 0.3) is 0 Å². The molecule has 1 N–H and O–H groups in total. The van der Waals surface area contributed by atoms with Gasteiger partial charge < -0.3 is 9.63 Å². The molecule has 0 aliphatic heterocycles. The summed E-state index contributed by atoms with van der Waals surface area (Å²) in [5.74, 6) is -0.113. The van der Waals surface area contributed by atoms with Crippen LogP contribution in [0.1, 0.15) is 22.6 Å². The largest absolute Gasteiger partial charge is 0.481 e.